The number of anilines is 1. The van der Waals surface area contributed by atoms with Crippen LogP contribution in [-0.4, -0.2) is 45.7 Å². The van der Waals surface area contributed by atoms with E-state index in [1.165, 1.54) is 24.0 Å². The lowest BCUT2D eigenvalue weighted by atomic mass is 10.1. The van der Waals surface area contributed by atoms with Crippen molar-refractivity contribution in [2.45, 2.75) is 19.5 Å². The molecule has 0 aliphatic rings. The molecule has 1 amide bonds. The van der Waals surface area contributed by atoms with Gasteiger partial charge >= 0.3 is 0 Å². The van der Waals surface area contributed by atoms with Crippen LogP contribution in [-0.2, 0) is 21.4 Å². The zero-order valence-corrected chi connectivity index (χ0v) is 18.3. The van der Waals surface area contributed by atoms with Gasteiger partial charge in [0.15, 0.2) is 0 Å². The Balaban J connectivity index is 2.35. The molecule has 0 N–H and O–H groups in total. The first-order valence-electron chi connectivity index (χ1n) is 8.37. The molecule has 1 unspecified atom stereocenters. The topological polar surface area (TPSA) is 66.9 Å². The van der Waals surface area contributed by atoms with E-state index in [2.05, 4.69) is 0 Å². The van der Waals surface area contributed by atoms with Gasteiger partial charge in [-0.2, -0.15) is 0 Å². The van der Waals surface area contributed by atoms with E-state index in [1.54, 1.807) is 26.3 Å². The Morgan fingerprint density at radius 3 is 2.43 bits per heavy atom. The van der Waals surface area contributed by atoms with Crippen molar-refractivity contribution in [2.24, 2.45) is 0 Å². The zero-order valence-electron chi connectivity index (χ0n) is 16.0. The van der Waals surface area contributed by atoms with Crippen LogP contribution in [0.1, 0.15) is 12.5 Å². The van der Waals surface area contributed by atoms with E-state index >= 15 is 0 Å². The predicted molar refractivity (Wildman–Crippen MR) is 113 cm³/mol. The minimum absolute atomic E-state index is 0.156. The van der Waals surface area contributed by atoms with Crippen molar-refractivity contribution in [1.29, 1.82) is 0 Å². The molecule has 152 valence electrons. The van der Waals surface area contributed by atoms with Gasteiger partial charge in [0.1, 0.15) is 11.8 Å². The van der Waals surface area contributed by atoms with E-state index < -0.39 is 22.0 Å². The lowest BCUT2D eigenvalue weighted by Gasteiger charge is -2.32. The molecule has 6 nitrogen and oxygen atoms in total. The molecule has 0 bridgehead atoms. The highest BCUT2D eigenvalue weighted by Crippen LogP contribution is 2.32. The van der Waals surface area contributed by atoms with Gasteiger partial charge in [0.05, 0.1) is 24.1 Å². The van der Waals surface area contributed by atoms with Gasteiger partial charge < -0.3 is 9.64 Å². The molecule has 0 aromatic heterocycles. The Kier molecular flexibility index (Phi) is 7.20. The van der Waals surface area contributed by atoms with Crippen LogP contribution in [0.15, 0.2) is 42.5 Å². The van der Waals surface area contributed by atoms with Gasteiger partial charge in [-0.05, 0) is 31.2 Å². The Labute approximate surface area is 175 Å². The number of carbonyl (C=O) groups excluding carboxylic acids is 1. The number of sulfonamides is 1. The molecule has 2 aromatic carbocycles. The van der Waals surface area contributed by atoms with Crippen molar-refractivity contribution in [2.75, 3.05) is 24.7 Å². The minimum Gasteiger partial charge on any atom is -0.496 e. The van der Waals surface area contributed by atoms with Gasteiger partial charge in [-0.25, -0.2) is 8.42 Å². The fourth-order valence-electron chi connectivity index (χ4n) is 2.92. The Morgan fingerprint density at radius 1 is 1.18 bits per heavy atom. The molecule has 0 spiro atoms. The van der Waals surface area contributed by atoms with Crippen LogP contribution in [0.3, 0.4) is 0 Å². The maximum Gasteiger partial charge on any atom is 0.246 e. The number of hydrogen-bond acceptors (Lipinski definition) is 4. The first kappa shape index (κ1) is 22.3. The van der Waals surface area contributed by atoms with Crippen molar-refractivity contribution in [1.82, 2.24) is 4.90 Å². The summed E-state index contributed by atoms with van der Waals surface area (Å²) in [5.74, 6) is 0.250. The molecule has 0 fully saturated rings. The average Bonchev–Trinajstić information content (AvgIpc) is 2.63. The molecular weight excluding hydrogens is 423 g/mol. The number of rotatable bonds is 7. The van der Waals surface area contributed by atoms with Crippen LogP contribution < -0.4 is 9.04 Å². The summed E-state index contributed by atoms with van der Waals surface area (Å²) in [7, 11) is -0.649. The molecule has 0 saturated carbocycles. The smallest absolute Gasteiger partial charge is 0.246 e. The first-order valence-corrected chi connectivity index (χ1v) is 11.0. The van der Waals surface area contributed by atoms with Crippen LogP contribution >= 0.6 is 23.2 Å². The van der Waals surface area contributed by atoms with Crippen molar-refractivity contribution in [3.05, 3.63) is 58.1 Å². The lowest BCUT2D eigenvalue weighted by Crippen LogP contribution is -2.48. The summed E-state index contributed by atoms with van der Waals surface area (Å²) in [5.41, 5.74) is 0.961. The van der Waals surface area contributed by atoms with Gasteiger partial charge in [-0.3, -0.25) is 9.10 Å². The molecule has 9 heteroatoms. The molecular formula is C19H22Cl2N2O4S. The second-order valence-electron chi connectivity index (χ2n) is 6.34. The highest BCUT2D eigenvalue weighted by molar-refractivity contribution is 7.92. The largest absolute Gasteiger partial charge is 0.496 e. The highest BCUT2D eigenvalue weighted by Gasteiger charge is 2.32. The number of hydrogen-bond donors (Lipinski definition) is 0. The van der Waals surface area contributed by atoms with E-state index in [0.717, 1.165) is 16.1 Å². The third-order valence-corrected chi connectivity index (χ3v) is 5.97. The molecule has 0 aliphatic carbocycles. The van der Waals surface area contributed by atoms with E-state index in [0.29, 0.717) is 10.8 Å². The molecule has 0 aliphatic heterocycles. The van der Waals surface area contributed by atoms with Gasteiger partial charge in [0.2, 0.25) is 15.9 Å². The number of carbonyl (C=O) groups is 1. The number of nitrogens with zero attached hydrogens (tertiary/aromatic N) is 2. The van der Waals surface area contributed by atoms with Gasteiger partial charge in [-0.1, -0.05) is 41.4 Å². The first-order chi connectivity index (χ1) is 13.1. The number of methoxy groups -OCH3 is 1. The van der Waals surface area contributed by atoms with Crippen LogP contribution in [0, 0.1) is 0 Å². The van der Waals surface area contributed by atoms with E-state index in [1.807, 2.05) is 18.2 Å². The second kappa shape index (κ2) is 9.03. The van der Waals surface area contributed by atoms with Gasteiger partial charge in [-0.15, -0.1) is 0 Å². The quantitative estimate of drug-likeness (QED) is 0.650. The molecule has 2 rings (SSSR count). The van der Waals surface area contributed by atoms with Gasteiger partial charge in [0, 0.05) is 24.2 Å². The zero-order chi connectivity index (χ0) is 21.1. The average molecular weight is 445 g/mol. The summed E-state index contributed by atoms with van der Waals surface area (Å²) < 4.78 is 31.2. The van der Waals surface area contributed by atoms with Crippen molar-refractivity contribution in [3.63, 3.8) is 0 Å². The summed E-state index contributed by atoms with van der Waals surface area (Å²) in [6.07, 6.45) is 1.02. The standard InChI is InChI=1S/C19H22Cl2N2O4S/c1-13(19(24)22(2)12-14-7-5-6-8-18(14)27-3)23(28(4,25)26)17-11-15(20)9-10-16(17)21/h5-11,13H,12H2,1-4H3. The van der Waals surface area contributed by atoms with Crippen LogP contribution in [0.2, 0.25) is 10.0 Å². The monoisotopic (exact) mass is 444 g/mol. The summed E-state index contributed by atoms with van der Waals surface area (Å²) in [6, 6.07) is 10.8. The van der Waals surface area contributed by atoms with E-state index in [9.17, 15) is 13.2 Å². The highest BCUT2D eigenvalue weighted by atomic mass is 35.5. The summed E-state index contributed by atoms with van der Waals surface area (Å²) in [5, 5.41) is 0.497. The summed E-state index contributed by atoms with van der Waals surface area (Å²) in [6.45, 7) is 1.77. The SMILES string of the molecule is COc1ccccc1CN(C)C(=O)C(C)N(c1cc(Cl)ccc1Cl)S(C)(=O)=O. The Bertz CT molecular complexity index is 966. The number of para-hydroxylation sites is 1. The van der Waals surface area contributed by atoms with Crippen molar-refractivity contribution in [3.8, 4) is 5.75 Å². The predicted octanol–water partition coefficient (Wildman–Crippen LogP) is 3.82. The van der Waals surface area contributed by atoms with Crippen LogP contribution in [0.5, 0.6) is 5.75 Å². The summed E-state index contributed by atoms with van der Waals surface area (Å²) in [4.78, 5) is 14.5. The summed E-state index contributed by atoms with van der Waals surface area (Å²) >= 11 is 12.2. The number of halogens is 2. The second-order valence-corrected chi connectivity index (χ2v) is 9.04. The number of amides is 1. The van der Waals surface area contributed by atoms with E-state index in [4.69, 9.17) is 27.9 Å². The third kappa shape index (κ3) is 5.10. The number of likely N-dealkylation sites (N-methyl/N-ethyl adjacent to an activating group) is 1. The fraction of sp³-hybridized carbons (Fsp3) is 0.316. The maximum atomic E-state index is 13.0. The fourth-order valence-corrected chi connectivity index (χ4v) is 4.51. The lowest BCUT2D eigenvalue weighted by molar-refractivity contribution is -0.131. The molecule has 0 saturated heterocycles. The molecule has 28 heavy (non-hydrogen) atoms. The van der Waals surface area contributed by atoms with Crippen LogP contribution in [0.4, 0.5) is 5.69 Å². The number of benzene rings is 2. The molecule has 2 aromatic rings. The third-order valence-electron chi connectivity index (χ3n) is 4.19. The normalized spacial score (nSPS) is 12.4. The molecule has 0 radical (unpaired) electrons. The van der Waals surface area contributed by atoms with E-state index in [-0.39, 0.29) is 17.3 Å². The van der Waals surface area contributed by atoms with Gasteiger partial charge in [0.25, 0.3) is 0 Å². The Morgan fingerprint density at radius 2 is 1.82 bits per heavy atom. The van der Waals surface area contributed by atoms with Crippen molar-refractivity contribution >= 4 is 44.8 Å². The molecule has 1 atom stereocenters. The maximum absolute atomic E-state index is 13.0. The molecule has 0 heterocycles. The van der Waals surface area contributed by atoms with Crippen molar-refractivity contribution < 1.29 is 17.9 Å². The van der Waals surface area contributed by atoms with Crippen LogP contribution in [0.25, 0.3) is 0 Å². The minimum atomic E-state index is -3.80. The Hall–Kier alpha value is -1.96. The number of ether oxygens (including phenoxy) is 1.